The zero-order chi connectivity index (χ0) is 20.8. The molecule has 0 heterocycles. The number of hydrogen-bond donors (Lipinski definition) is 2. The summed E-state index contributed by atoms with van der Waals surface area (Å²) < 4.78 is 66.6. The molecule has 0 fully saturated rings. The lowest BCUT2D eigenvalue weighted by Crippen LogP contribution is -2.32. The van der Waals surface area contributed by atoms with E-state index in [1.54, 1.807) is 0 Å². The standard InChI is InChI=1S/C18H19F3N2O4S/c1-13(14-5-3-2-4-6-14)23-17(24)11-12-22-28(25,26)16-9-7-15(8-10-16)27-18(19,20)21/h2-10,13,22H,11-12H2,1H3,(H,23,24)/t13-/m0/s1. The molecule has 0 radical (unpaired) electrons. The van der Waals surface area contributed by atoms with Gasteiger partial charge in [0.05, 0.1) is 10.9 Å². The first-order chi connectivity index (χ1) is 13.1. The third-order valence-corrected chi connectivity index (χ3v) is 5.17. The Hall–Kier alpha value is -2.59. The summed E-state index contributed by atoms with van der Waals surface area (Å²) in [5, 5.41) is 2.75. The van der Waals surface area contributed by atoms with Crippen molar-refractivity contribution in [2.75, 3.05) is 6.54 Å². The van der Waals surface area contributed by atoms with Crippen LogP contribution in [0.4, 0.5) is 13.2 Å². The molecular formula is C18H19F3N2O4S. The van der Waals surface area contributed by atoms with Gasteiger partial charge < -0.3 is 10.1 Å². The summed E-state index contributed by atoms with van der Waals surface area (Å²) in [5.41, 5.74) is 0.914. The molecule has 0 aliphatic rings. The lowest BCUT2D eigenvalue weighted by molar-refractivity contribution is -0.274. The minimum Gasteiger partial charge on any atom is -0.406 e. The number of carbonyl (C=O) groups is 1. The van der Waals surface area contributed by atoms with Gasteiger partial charge in [0.2, 0.25) is 15.9 Å². The van der Waals surface area contributed by atoms with Gasteiger partial charge in [-0.1, -0.05) is 30.3 Å². The summed E-state index contributed by atoms with van der Waals surface area (Å²) >= 11 is 0. The molecule has 0 spiro atoms. The molecule has 0 saturated carbocycles. The van der Waals surface area contributed by atoms with Crippen molar-refractivity contribution in [1.82, 2.24) is 10.0 Å². The first kappa shape index (κ1) is 21.7. The average molecular weight is 416 g/mol. The number of halogens is 3. The van der Waals surface area contributed by atoms with Crippen molar-refractivity contribution >= 4 is 15.9 Å². The van der Waals surface area contributed by atoms with Crippen molar-refractivity contribution in [1.29, 1.82) is 0 Å². The zero-order valence-corrected chi connectivity index (χ0v) is 15.7. The maximum atomic E-state index is 12.1. The topological polar surface area (TPSA) is 84.5 Å². The van der Waals surface area contributed by atoms with Crippen molar-refractivity contribution in [3.05, 3.63) is 60.2 Å². The average Bonchev–Trinajstić information content (AvgIpc) is 2.61. The number of amides is 1. The lowest BCUT2D eigenvalue weighted by atomic mass is 10.1. The van der Waals surface area contributed by atoms with Crippen molar-refractivity contribution in [3.8, 4) is 5.75 Å². The number of rotatable bonds is 8. The summed E-state index contributed by atoms with van der Waals surface area (Å²) in [6, 6.07) is 12.8. The normalized spacial score (nSPS) is 13.0. The van der Waals surface area contributed by atoms with Crippen LogP contribution in [0.1, 0.15) is 24.9 Å². The Morgan fingerprint density at radius 2 is 1.68 bits per heavy atom. The van der Waals surface area contributed by atoms with E-state index in [0.717, 1.165) is 29.8 Å². The number of nitrogens with one attached hydrogen (secondary N) is 2. The molecular weight excluding hydrogens is 397 g/mol. The largest absolute Gasteiger partial charge is 0.573 e. The van der Waals surface area contributed by atoms with Crippen LogP contribution in [0, 0.1) is 0 Å². The van der Waals surface area contributed by atoms with Gasteiger partial charge in [0, 0.05) is 13.0 Å². The fourth-order valence-corrected chi connectivity index (χ4v) is 3.37. The number of sulfonamides is 1. The van der Waals surface area contributed by atoms with Crippen molar-refractivity contribution in [3.63, 3.8) is 0 Å². The first-order valence-corrected chi connectivity index (χ1v) is 9.75. The molecule has 1 amide bonds. The van der Waals surface area contributed by atoms with E-state index in [1.165, 1.54) is 0 Å². The van der Waals surface area contributed by atoms with E-state index in [9.17, 15) is 26.4 Å². The summed E-state index contributed by atoms with van der Waals surface area (Å²) in [6.07, 6.45) is -4.95. The second-order valence-electron chi connectivity index (χ2n) is 5.87. The van der Waals surface area contributed by atoms with Crippen LogP contribution in [0.25, 0.3) is 0 Å². The summed E-state index contributed by atoms with van der Waals surface area (Å²) in [5.74, 6) is -0.867. The molecule has 6 nitrogen and oxygen atoms in total. The van der Waals surface area contributed by atoms with Crippen LogP contribution >= 0.6 is 0 Å². The van der Waals surface area contributed by atoms with Gasteiger partial charge in [-0.2, -0.15) is 0 Å². The SMILES string of the molecule is C[C@H](NC(=O)CCNS(=O)(=O)c1ccc(OC(F)(F)F)cc1)c1ccccc1. The molecule has 0 aliphatic carbocycles. The van der Waals surface area contributed by atoms with Crippen molar-refractivity contribution < 1.29 is 31.1 Å². The fourth-order valence-electron chi connectivity index (χ4n) is 2.34. The Labute approximate surface area is 160 Å². The van der Waals surface area contributed by atoms with Crippen LogP contribution in [0.2, 0.25) is 0 Å². The minimum atomic E-state index is -4.86. The van der Waals surface area contributed by atoms with Gasteiger partial charge in [0.15, 0.2) is 0 Å². The molecule has 28 heavy (non-hydrogen) atoms. The Bertz CT molecular complexity index is 885. The Kier molecular flexibility index (Phi) is 7.03. The molecule has 10 heteroatoms. The maximum Gasteiger partial charge on any atom is 0.573 e. The van der Waals surface area contributed by atoms with Crippen LogP contribution in [-0.4, -0.2) is 27.2 Å². The molecule has 1 atom stereocenters. The van der Waals surface area contributed by atoms with Gasteiger partial charge in [-0.25, -0.2) is 13.1 Å². The summed E-state index contributed by atoms with van der Waals surface area (Å²) in [7, 11) is -3.96. The summed E-state index contributed by atoms with van der Waals surface area (Å²) in [6.45, 7) is 1.65. The predicted molar refractivity (Wildman–Crippen MR) is 95.9 cm³/mol. The van der Waals surface area contributed by atoms with E-state index in [0.29, 0.717) is 0 Å². The molecule has 2 rings (SSSR count). The van der Waals surface area contributed by atoms with E-state index in [-0.39, 0.29) is 29.8 Å². The summed E-state index contributed by atoms with van der Waals surface area (Å²) in [4.78, 5) is 11.7. The number of ether oxygens (including phenoxy) is 1. The van der Waals surface area contributed by atoms with Crippen LogP contribution in [0.3, 0.4) is 0 Å². The van der Waals surface area contributed by atoms with E-state index in [1.807, 2.05) is 37.3 Å². The van der Waals surface area contributed by atoms with Gasteiger partial charge >= 0.3 is 6.36 Å². The zero-order valence-electron chi connectivity index (χ0n) is 14.9. The van der Waals surface area contributed by atoms with E-state index in [2.05, 4.69) is 14.8 Å². The van der Waals surface area contributed by atoms with Gasteiger partial charge in [-0.05, 0) is 36.8 Å². The lowest BCUT2D eigenvalue weighted by Gasteiger charge is -2.14. The van der Waals surface area contributed by atoms with E-state index < -0.39 is 22.1 Å². The van der Waals surface area contributed by atoms with Crippen molar-refractivity contribution in [2.45, 2.75) is 30.6 Å². The Morgan fingerprint density at radius 3 is 2.25 bits per heavy atom. The fraction of sp³-hybridized carbons (Fsp3) is 0.278. The number of hydrogen-bond acceptors (Lipinski definition) is 4. The molecule has 0 aromatic heterocycles. The molecule has 2 aromatic carbocycles. The number of carbonyl (C=O) groups excluding carboxylic acids is 1. The third-order valence-electron chi connectivity index (χ3n) is 3.69. The highest BCUT2D eigenvalue weighted by molar-refractivity contribution is 7.89. The third kappa shape index (κ3) is 6.86. The van der Waals surface area contributed by atoms with Gasteiger partial charge in [0.1, 0.15) is 5.75 Å². The molecule has 0 aliphatic heterocycles. The van der Waals surface area contributed by atoms with Crippen LogP contribution in [0.15, 0.2) is 59.5 Å². The first-order valence-electron chi connectivity index (χ1n) is 8.26. The van der Waals surface area contributed by atoms with Crippen LogP contribution < -0.4 is 14.8 Å². The molecule has 0 unspecified atom stereocenters. The minimum absolute atomic E-state index is 0.0916. The Balaban J connectivity index is 1.85. The van der Waals surface area contributed by atoms with Crippen molar-refractivity contribution in [2.24, 2.45) is 0 Å². The number of benzene rings is 2. The Morgan fingerprint density at radius 1 is 1.07 bits per heavy atom. The quantitative estimate of drug-likeness (QED) is 0.693. The number of alkyl halides is 3. The van der Waals surface area contributed by atoms with E-state index >= 15 is 0 Å². The van der Waals surface area contributed by atoms with Gasteiger partial charge in [0.25, 0.3) is 0 Å². The van der Waals surface area contributed by atoms with Gasteiger partial charge in [-0.15, -0.1) is 13.2 Å². The highest BCUT2D eigenvalue weighted by atomic mass is 32.2. The monoisotopic (exact) mass is 416 g/mol. The van der Waals surface area contributed by atoms with Crippen LogP contribution in [0.5, 0.6) is 5.75 Å². The molecule has 0 saturated heterocycles. The molecule has 152 valence electrons. The maximum absolute atomic E-state index is 12.1. The molecule has 0 bridgehead atoms. The second-order valence-corrected chi connectivity index (χ2v) is 7.63. The highest BCUT2D eigenvalue weighted by Crippen LogP contribution is 2.23. The second kappa shape index (κ2) is 9.07. The smallest absolute Gasteiger partial charge is 0.406 e. The predicted octanol–water partition coefficient (Wildman–Crippen LogP) is 3.13. The van der Waals surface area contributed by atoms with Crippen LogP contribution in [-0.2, 0) is 14.8 Å². The van der Waals surface area contributed by atoms with Gasteiger partial charge in [-0.3, -0.25) is 4.79 Å². The van der Waals surface area contributed by atoms with E-state index in [4.69, 9.17) is 0 Å². The highest BCUT2D eigenvalue weighted by Gasteiger charge is 2.31. The molecule has 2 N–H and O–H groups in total. The molecule has 2 aromatic rings.